The van der Waals surface area contributed by atoms with Crippen LogP contribution >= 0.6 is 0 Å². The number of fused-ring (bicyclic) bond motifs is 1. The molecule has 2 aliphatic rings. The van der Waals surface area contributed by atoms with Crippen molar-refractivity contribution in [1.29, 1.82) is 0 Å². The highest BCUT2D eigenvalue weighted by Crippen LogP contribution is 2.27. The minimum absolute atomic E-state index is 0.161. The summed E-state index contributed by atoms with van der Waals surface area (Å²) in [7, 11) is 0. The molecule has 3 amide bonds. The monoisotopic (exact) mass is 361 g/mol. The first-order valence-corrected chi connectivity index (χ1v) is 8.71. The van der Waals surface area contributed by atoms with Crippen LogP contribution in [0.25, 0.3) is 0 Å². The number of anilines is 1. The summed E-state index contributed by atoms with van der Waals surface area (Å²) in [5, 5.41) is 11.7. The van der Waals surface area contributed by atoms with Crippen molar-refractivity contribution in [3.8, 4) is 0 Å². The number of cyclic esters (lactones) is 1. The Hall–Kier alpha value is -2.61. The zero-order valence-corrected chi connectivity index (χ0v) is 14.7. The molecular formula is C18H23N3O5. The maximum atomic E-state index is 12.2. The maximum Gasteiger partial charge on any atom is 0.414 e. The lowest BCUT2D eigenvalue weighted by Crippen LogP contribution is -2.33. The van der Waals surface area contributed by atoms with E-state index in [1.165, 1.54) is 6.92 Å². The van der Waals surface area contributed by atoms with Gasteiger partial charge in [0.15, 0.2) is 0 Å². The van der Waals surface area contributed by atoms with Gasteiger partial charge in [-0.1, -0.05) is 6.07 Å². The molecule has 1 fully saturated rings. The van der Waals surface area contributed by atoms with E-state index in [4.69, 9.17) is 9.84 Å². The Morgan fingerprint density at radius 2 is 2.15 bits per heavy atom. The summed E-state index contributed by atoms with van der Waals surface area (Å²) in [6, 6.07) is 5.72. The highest BCUT2D eigenvalue weighted by Gasteiger charge is 2.32. The van der Waals surface area contributed by atoms with Crippen LogP contribution in [-0.4, -0.2) is 60.3 Å². The van der Waals surface area contributed by atoms with E-state index in [2.05, 4.69) is 5.32 Å². The van der Waals surface area contributed by atoms with Gasteiger partial charge in [0.2, 0.25) is 11.8 Å². The third-order valence-electron chi connectivity index (χ3n) is 4.68. The molecule has 0 saturated carbocycles. The fourth-order valence-electron chi connectivity index (χ4n) is 3.32. The van der Waals surface area contributed by atoms with Crippen LogP contribution < -0.4 is 10.2 Å². The van der Waals surface area contributed by atoms with Crippen LogP contribution in [0.4, 0.5) is 10.5 Å². The Balaban J connectivity index is 1.73. The summed E-state index contributed by atoms with van der Waals surface area (Å²) < 4.78 is 5.30. The second kappa shape index (κ2) is 7.74. The largest absolute Gasteiger partial charge is 0.442 e. The van der Waals surface area contributed by atoms with Crippen LogP contribution in [0.5, 0.6) is 0 Å². The quantitative estimate of drug-likeness (QED) is 0.810. The molecule has 1 aromatic rings. The van der Waals surface area contributed by atoms with Crippen LogP contribution in [-0.2, 0) is 27.3 Å². The number of benzene rings is 1. The third-order valence-corrected chi connectivity index (χ3v) is 4.68. The van der Waals surface area contributed by atoms with Crippen molar-refractivity contribution in [2.24, 2.45) is 0 Å². The van der Waals surface area contributed by atoms with E-state index in [9.17, 15) is 14.4 Å². The molecule has 1 saturated heterocycles. The van der Waals surface area contributed by atoms with E-state index < -0.39 is 12.7 Å². The van der Waals surface area contributed by atoms with Gasteiger partial charge in [-0.25, -0.2) is 4.79 Å². The van der Waals surface area contributed by atoms with E-state index in [-0.39, 0.29) is 17.9 Å². The molecule has 8 heteroatoms. The highest BCUT2D eigenvalue weighted by atomic mass is 16.6. The van der Waals surface area contributed by atoms with Crippen LogP contribution in [0, 0.1) is 0 Å². The molecule has 0 aliphatic carbocycles. The number of ether oxygens (including phenoxy) is 1. The van der Waals surface area contributed by atoms with Crippen LogP contribution in [0.3, 0.4) is 0 Å². The molecule has 0 radical (unpaired) electrons. The SMILES string of the molecule is CC(=O)NC[C@H]1CN(c2ccc3c(c2)CCCN(C(=O)CO)C3)C(=O)O1. The highest BCUT2D eigenvalue weighted by molar-refractivity contribution is 5.90. The summed E-state index contributed by atoms with van der Waals surface area (Å²) in [4.78, 5) is 38.2. The Bertz CT molecular complexity index is 721. The van der Waals surface area contributed by atoms with Gasteiger partial charge in [0, 0.05) is 25.7 Å². The number of rotatable bonds is 4. The smallest absolute Gasteiger partial charge is 0.414 e. The number of amides is 3. The zero-order chi connectivity index (χ0) is 18.7. The Kier molecular flexibility index (Phi) is 5.41. The van der Waals surface area contributed by atoms with Crippen LogP contribution in [0.15, 0.2) is 18.2 Å². The molecule has 2 aliphatic heterocycles. The molecule has 2 heterocycles. The van der Waals surface area contributed by atoms with Gasteiger partial charge < -0.3 is 20.1 Å². The number of carbonyl (C=O) groups is 3. The number of nitrogens with one attached hydrogen (secondary N) is 1. The molecule has 26 heavy (non-hydrogen) atoms. The zero-order valence-electron chi connectivity index (χ0n) is 14.7. The number of aryl methyl sites for hydroxylation is 1. The Morgan fingerprint density at radius 1 is 1.35 bits per heavy atom. The van der Waals surface area contributed by atoms with Gasteiger partial charge in [-0.05, 0) is 36.1 Å². The van der Waals surface area contributed by atoms with Gasteiger partial charge in [0.25, 0.3) is 0 Å². The first kappa shape index (κ1) is 18.2. The average molecular weight is 361 g/mol. The number of hydrogen-bond donors (Lipinski definition) is 2. The average Bonchev–Trinajstić information content (AvgIpc) is 2.86. The number of hydrogen-bond acceptors (Lipinski definition) is 5. The Labute approximate surface area is 151 Å². The molecule has 2 N–H and O–H groups in total. The van der Waals surface area contributed by atoms with E-state index in [0.29, 0.717) is 26.2 Å². The van der Waals surface area contributed by atoms with Crippen molar-refractivity contribution in [1.82, 2.24) is 10.2 Å². The number of nitrogens with zero attached hydrogens (tertiary/aromatic N) is 2. The number of aliphatic hydroxyl groups is 1. The molecule has 0 unspecified atom stereocenters. The Morgan fingerprint density at radius 3 is 2.88 bits per heavy atom. The summed E-state index contributed by atoms with van der Waals surface area (Å²) >= 11 is 0. The lowest BCUT2D eigenvalue weighted by molar-refractivity contribution is -0.134. The molecule has 3 rings (SSSR count). The number of aliphatic hydroxyl groups excluding tert-OH is 1. The summed E-state index contributed by atoms with van der Waals surface area (Å²) in [5.41, 5.74) is 2.87. The van der Waals surface area contributed by atoms with Crippen molar-refractivity contribution in [2.75, 3.05) is 31.1 Å². The first-order valence-electron chi connectivity index (χ1n) is 8.71. The van der Waals surface area contributed by atoms with Crippen molar-refractivity contribution in [2.45, 2.75) is 32.4 Å². The lowest BCUT2D eigenvalue weighted by Gasteiger charge is -2.20. The van der Waals surface area contributed by atoms with Gasteiger partial charge >= 0.3 is 6.09 Å². The topological polar surface area (TPSA) is 99.2 Å². The third kappa shape index (κ3) is 3.96. The normalized spacial score (nSPS) is 19.6. The minimum atomic E-state index is -0.483. The summed E-state index contributed by atoms with van der Waals surface area (Å²) in [6.45, 7) is 2.68. The molecular weight excluding hydrogens is 338 g/mol. The first-order chi connectivity index (χ1) is 12.5. The van der Waals surface area contributed by atoms with Gasteiger partial charge in [-0.2, -0.15) is 0 Å². The second-order valence-corrected chi connectivity index (χ2v) is 6.58. The van der Waals surface area contributed by atoms with Crippen molar-refractivity contribution >= 4 is 23.6 Å². The fraction of sp³-hybridized carbons (Fsp3) is 0.500. The van der Waals surface area contributed by atoms with E-state index in [1.54, 1.807) is 9.80 Å². The predicted octanol–water partition coefficient (Wildman–Crippen LogP) is 0.415. The maximum absolute atomic E-state index is 12.2. The summed E-state index contributed by atoms with van der Waals surface area (Å²) in [6.07, 6.45) is 0.808. The summed E-state index contributed by atoms with van der Waals surface area (Å²) in [5.74, 6) is -0.433. The van der Waals surface area contributed by atoms with Crippen LogP contribution in [0.1, 0.15) is 24.5 Å². The number of carbonyl (C=O) groups excluding carboxylic acids is 3. The fourth-order valence-corrected chi connectivity index (χ4v) is 3.32. The molecule has 1 aromatic carbocycles. The molecule has 1 atom stereocenters. The predicted molar refractivity (Wildman–Crippen MR) is 93.6 cm³/mol. The van der Waals surface area contributed by atoms with Crippen molar-refractivity contribution in [3.05, 3.63) is 29.3 Å². The minimum Gasteiger partial charge on any atom is -0.442 e. The molecule has 140 valence electrons. The second-order valence-electron chi connectivity index (χ2n) is 6.58. The van der Waals surface area contributed by atoms with E-state index >= 15 is 0 Å². The van der Waals surface area contributed by atoms with E-state index in [1.807, 2.05) is 18.2 Å². The van der Waals surface area contributed by atoms with Gasteiger partial charge in [-0.3, -0.25) is 14.5 Å². The molecule has 0 spiro atoms. The van der Waals surface area contributed by atoms with Crippen molar-refractivity contribution < 1.29 is 24.2 Å². The molecule has 0 bridgehead atoms. The van der Waals surface area contributed by atoms with Crippen molar-refractivity contribution in [3.63, 3.8) is 0 Å². The van der Waals surface area contributed by atoms with Crippen LogP contribution in [0.2, 0.25) is 0 Å². The van der Waals surface area contributed by atoms with Gasteiger partial charge in [-0.15, -0.1) is 0 Å². The standard InChI is InChI=1S/C18H23N3O5/c1-12(23)19-8-16-10-21(18(25)26-16)15-5-4-14-9-20(17(24)11-22)6-2-3-13(14)7-15/h4-5,7,16,22H,2-3,6,8-11H2,1H3,(H,19,23)/t16-/m0/s1. The van der Waals surface area contributed by atoms with Gasteiger partial charge in [0.1, 0.15) is 12.7 Å². The molecule has 0 aromatic heterocycles. The molecule has 8 nitrogen and oxygen atoms in total. The van der Waals surface area contributed by atoms with Gasteiger partial charge in [0.05, 0.1) is 13.1 Å². The lowest BCUT2D eigenvalue weighted by atomic mass is 10.0. The van der Waals surface area contributed by atoms with E-state index in [0.717, 1.165) is 29.7 Å².